The van der Waals surface area contributed by atoms with E-state index >= 15 is 0 Å². The summed E-state index contributed by atoms with van der Waals surface area (Å²) in [6.07, 6.45) is 10.7. The van der Waals surface area contributed by atoms with Gasteiger partial charge in [0.15, 0.2) is 0 Å². The van der Waals surface area contributed by atoms with Gasteiger partial charge in [0.2, 0.25) is 0 Å². The zero-order chi connectivity index (χ0) is 9.36. The van der Waals surface area contributed by atoms with Crippen molar-refractivity contribution < 1.29 is 0 Å². The highest BCUT2D eigenvalue weighted by Crippen LogP contribution is 2.05. The topological polar surface area (TPSA) is 24.4 Å². The lowest BCUT2D eigenvalue weighted by Gasteiger charge is -2.00. The summed E-state index contributed by atoms with van der Waals surface area (Å²) in [5.41, 5.74) is 0. The molecule has 0 saturated heterocycles. The molecule has 1 aliphatic heterocycles. The molecule has 0 aromatic rings. The second-order valence-electron chi connectivity index (χ2n) is 3.42. The molecule has 74 valence electrons. The molecule has 0 radical (unpaired) electrons. The first kappa shape index (κ1) is 10.3. The van der Waals surface area contributed by atoms with Crippen LogP contribution in [0.4, 0.5) is 0 Å². The Labute approximate surface area is 81.1 Å². The Balaban J connectivity index is 1.89. The van der Waals surface area contributed by atoms with Crippen molar-refractivity contribution in [2.75, 3.05) is 13.1 Å². The van der Waals surface area contributed by atoms with Crippen LogP contribution >= 0.6 is 0 Å². The molecule has 0 aliphatic carbocycles. The molecular weight excluding hydrogens is 160 g/mol. The van der Waals surface area contributed by atoms with E-state index in [9.17, 15) is 0 Å². The van der Waals surface area contributed by atoms with E-state index in [1.807, 2.05) is 0 Å². The summed E-state index contributed by atoms with van der Waals surface area (Å²) in [6, 6.07) is 0. The quantitative estimate of drug-likeness (QED) is 0.493. The van der Waals surface area contributed by atoms with Gasteiger partial charge in [0, 0.05) is 13.0 Å². The second kappa shape index (κ2) is 6.70. The van der Waals surface area contributed by atoms with E-state index in [0.717, 1.165) is 19.5 Å². The number of allylic oxidation sites excluding steroid dienone is 2. The predicted octanol–water partition coefficient (Wildman–Crippen LogP) is 2.51. The highest BCUT2D eigenvalue weighted by molar-refractivity contribution is 5.83. The molecule has 0 unspecified atom stereocenters. The molecule has 0 atom stereocenters. The zero-order valence-electron chi connectivity index (χ0n) is 8.55. The van der Waals surface area contributed by atoms with E-state index in [4.69, 9.17) is 0 Å². The van der Waals surface area contributed by atoms with E-state index in [1.165, 1.54) is 31.5 Å². The van der Waals surface area contributed by atoms with Crippen LogP contribution in [0, 0.1) is 0 Å². The number of rotatable bonds is 6. The third-order valence-electron chi connectivity index (χ3n) is 2.26. The van der Waals surface area contributed by atoms with Crippen molar-refractivity contribution in [3.8, 4) is 0 Å². The van der Waals surface area contributed by atoms with Crippen LogP contribution in [0.5, 0.6) is 0 Å². The average molecular weight is 180 g/mol. The maximum Gasteiger partial charge on any atom is 0.0964 e. The number of nitrogens with zero attached hydrogens (tertiary/aromatic N) is 1. The normalized spacial score (nSPS) is 16.2. The van der Waals surface area contributed by atoms with Gasteiger partial charge in [-0.15, -0.1) is 0 Å². The highest BCUT2D eigenvalue weighted by atomic mass is 15.1. The summed E-state index contributed by atoms with van der Waals surface area (Å²) in [5.74, 6) is 1.23. The number of hydrogen-bond donors (Lipinski definition) is 1. The molecule has 1 heterocycles. The van der Waals surface area contributed by atoms with Gasteiger partial charge in [0.05, 0.1) is 12.4 Å². The van der Waals surface area contributed by atoms with Gasteiger partial charge < -0.3 is 5.32 Å². The minimum atomic E-state index is 0.980. The molecule has 0 bridgehead atoms. The number of hydrogen-bond acceptors (Lipinski definition) is 2. The number of amidine groups is 1. The SMILES string of the molecule is C/C=C/CCCCCC1=NCCN1. The molecule has 0 fully saturated rings. The fraction of sp³-hybridized carbons (Fsp3) is 0.727. The summed E-state index contributed by atoms with van der Waals surface area (Å²) in [7, 11) is 0. The van der Waals surface area contributed by atoms with Crippen LogP contribution in [-0.2, 0) is 0 Å². The van der Waals surface area contributed by atoms with Crippen molar-refractivity contribution >= 4 is 5.84 Å². The Morgan fingerprint density at radius 2 is 2.31 bits per heavy atom. The third-order valence-corrected chi connectivity index (χ3v) is 2.26. The maximum atomic E-state index is 4.36. The Hall–Kier alpha value is -0.790. The van der Waals surface area contributed by atoms with Crippen molar-refractivity contribution in [3.05, 3.63) is 12.2 Å². The van der Waals surface area contributed by atoms with E-state index in [2.05, 4.69) is 29.4 Å². The largest absolute Gasteiger partial charge is 0.372 e. The van der Waals surface area contributed by atoms with E-state index < -0.39 is 0 Å². The molecule has 1 aliphatic rings. The third kappa shape index (κ3) is 4.71. The fourth-order valence-electron chi connectivity index (χ4n) is 1.51. The summed E-state index contributed by atoms with van der Waals surface area (Å²) in [5, 5.41) is 3.29. The van der Waals surface area contributed by atoms with Crippen molar-refractivity contribution in [2.45, 2.75) is 39.0 Å². The summed E-state index contributed by atoms with van der Waals surface area (Å²) < 4.78 is 0. The minimum Gasteiger partial charge on any atom is -0.372 e. The number of unbranched alkanes of at least 4 members (excludes halogenated alkanes) is 3. The average Bonchev–Trinajstić information content (AvgIpc) is 2.63. The Morgan fingerprint density at radius 3 is 3.00 bits per heavy atom. The molecular formula is C11H20N2. The van der Waals surface area contributed by atoms with Gasteiger partial charge in [0.1, 0.15) is 0 Å². The summed E-state index contributed by atoms with van der Waals surface area (Å²) in [4.78, 5) is 4.36. The van der Waals surface area contributed by atoms with Crippen LogP contribution in [0.25, 0.3) is 0 Å². The van der Waals surface area contributed by atoms with Gasteiger partial charge in [-0.25, -0.2) is 0 Å². The standard InChI is InChI=1S/C11H20N2/c1-2-3-4-5-6-7-8-11-12-9-10-13-11/h2-3H,4-10H2,1H3,(H,12,13)/b3-2+. The maximum absolute atomic E-state index is 4.36. The smallest absolute Gasteiger partial charge is 0.0964 e. The summed E-state index contributed by atoms with van der Waals surface area (Å²) in [6.45, 7) is 4.11. The number of aliphatic imine (C=N–C) groups is 1. The first-order chi connectivity index (χ1) is 6.43. The molecule has 2 heteroatoms. The van der Waals surface area contributed by atoms with Crippen molar-refractivity contribution in [3.63, 3.8) is 0 Å². The van der Waals surface area contributed by atoms with Crippen molar-refractivity contribution in [2.24, 2.45) is 4.99 Å². The summed E-state index contributed by atoms with van der Waals surface area (Å²) >= 11 is 0. The Morgan fingerprint density at radius 1 is 1.38 bits per heavy atom. The lowest BCUT2D eigenvalue weighted by Crippen LogP contribution is -2.17. The Kier molecular flexibility index (Phi) is 5.30. The van der Waals surface area contributed by atoms with E-state index in [-0.39, 0.29) is 0 Å². The fourth-order valence-corrected chi connectivity index (χ4v) is 1.51. The first-order valence-electron chi connectivity index (χ1n) is 5.32. The van der Waals surface area contributed by atoms with Gasteiger partial charge in [-0.2, -0.15) is 0 Å². The second-order valence-corrected chi connectivity index (χ2v) is 3.42. The van der Waals surface area contributed by atoms with Crippen LogP contribution < -0.4 is 5.32 Å². The number of nitrogens with one attached hydrogen (secondary N) is 1. The van der Waals surface area contributed by atoms with Gasteiger partial charge in [-0.3, -0.25) is 4.99 Å². The molecule has 0 aromatic heterocycles. The van der Waals surface area contributed by atoms with Crippen molar-refractivity contribution in [1.29, 1.82) is 0 Å². The van der Waals surface area contributed by atoms with Gasteiger partial charge in [0.25, 0.3) is 0 Å². The minimum absolute atomic E-state index is 0.980. The van der Waals surface area contributed by atoms with E-state index in [1.54, 1.807) is 0 Å². The van der Waals surface area contributed by atoms with Crippen LogP contribution in [-0.4, -0.2) is 18.9 Å². The monoisotopic (exact) mass is 180 g/mol. The molecule has 0 aromatic carbocycles. The molecule has 1 N–H and O–H groups in total. The van der Waals surface area contributed by atoms with Crippen LogP contribution in [0.15, 0.2) is 17.1 Å². The highest BCUT2D eigenvalue weighted by Gasteiger charge is 2.02. The van der Waals surface area contributed by atoms with Gasteiger partial charge >= 0.3 is 0 Å². The molecule has 2 nitrogen and oxygen atoms in total. The van der Waals surface area contributed by atoms with Gasteiger partial charge in [-0.1, -0.05) is 18.6 Å². The van der Waals surface area contributed by atoms with Crippen LogP contribution in [0.3, 0.4) is 0 Å². The molecule has 1 rings (SSSR count). The molecule has 0 amide bonds. The molecule has 0 spiro atoms. The van der Waals surface area contributed by atoms with E-state index in [0.29, 0.717) is 0 Å². The zero-order valence-corrected chi connectivity index (χ0v) is 8.55. The van der Waals surface area contributed by atoms with Crippen LogP contribution in [0.1, 0.15) is 39.0 Å². The van der Waals surface area contributed by atoms with Gasteiger partial charge in [-0.05, 0) is 26.2 Å². The lowest BCUT2D eigenvalue weighted by atomic mass is 10.1. The predicted molar refractivity (Wildman–Crippen MR) is 58.2 cm³/mol. The molecule has 0 saturated carbocycles. The lowest BCUT2D eigenvalue weighted by molar-refractivity contribution is 0.701. The Bertz CT molecular complexity index is 183. The van der Waals surface area contributed by atoms with Crippen LogP contribution in [0.2, 0.25) is 0 Å². The first-order valence-corrected chi connectivity index (χ1v) is 5.32. The van der Waals surface area contributed by atoms with Crippen molar-refractivity contribution in [1.82, 2.24) is 5.32 Å². The molecule has 13 heavy (non-hydrogen) atoms.